The van der Waals surface area contributed by atoms with Gasteiger partial charge in [-0.25, -0.2) is 4.98 Å². The second kappa shape index (κ2) is 8.39. The molecule has 0 atom stereocenters. The van der Waals surface area contributed by atoms with Crippen LogP contribution in [0.15, 0.2) is 53.5 Å². The molecule has 0 radical (unpaired) electrons. The molecular formula is C21H17N3O6. The smallest absolute Gasteiger partial charge is 0.322 e. The van der Waals surface area contributed by atoms with Crippen LogP contribution >= 0.6 is 0 Å². The van der Waals surface area contributed by atoms with Crippen molar-refractivity contribution >= 4 is 34.8 Å². The molecule has 3 aromatic rings. The van der Waals surface area contributed by atoms with Crippen LogP contribution in [0.1, 0.15) is 26.3 Å². The maximum atomic E-state index is 12.6. The molecule has 0 aliphatic carbocycles. The van der Waals surface area contributed by atoms with Crippen LogP contribution < -0.4 is 10.9 Å². The monoisotopic (exact) mass is 407 g/mol. The first kappa shape index (κ1) is 20.5. The van der Waals surface area contributed by atoms with Crippen LogP contribution in [0.25, 0.3) is 17.1 Å². The summed E-state index contributed by atoms with van der Waals surface area (Å²) in [6.07, 6.45) is 3.98. The van der Waals surface area contributed by atoms with E-state index in [2.05, 4.69) is 10.3 Å². The molecule has 0 bridgehead atoms. The van der Waals surface area contributed by atoms with Gasteiger partial charge in [-0.2, -0.15) is 0 Å². The standard InChI is InChI=1S/C21H17N3O6/c1-24-19-14(6-3-9-22-19)18(28)17(21(24)30)15(25)8-7-12-4-2-5-13(10-12)20(29)23-11-16(26)27/h2-10,28H,11H2,1H3,(H,23,29)(H,26,27). The van der Waals surface area contributed by atoms with Crippen molar-refractivity contribution in [3.05, 3.63) is 75.7 Å². The van der Waals surface area contributed by atoms with Crippen molar-refractivity contribution in [3.63, 3.8) is 0 Å². The number of ketones is 1. The molecule has 30 heavy (non-hydrogen) atoms. The third-order valence-electron chi connectivity index (χ3n) is 4.34. The normalized spacial score (nSPS) is 11.0. The molecule has 3 rings (SSSR count). The minimum atomic E-state index is -1.17. The molecule has 1 amide bonds. The molecule has 0 saturated carbocycles. The van der Waals surface area contributed by atoms with Gasteiger partial charge >= 0.3 is 5.97 Å². The largest absolute Gasteiger partial charge is 0.506 e. The number of allylic oxidation sites excluding steroid dienone is 1. The van der Waals surface area contributed by atoms with Gasteiger partial charge in [-0.1, -0.05) is 18.2 Å². The van der Waals surface area contributed by atoms with Crippen LogP contribution in [0.5, 0.6) is 5.75 Å². The van der Waals surface area contributed by atoms with Crippen molar-refractivity contribution in [2.24, 2.45) is 7.05 Å². The number of carbonyl (C=O) groups is 3. The number of benzene rings is 1. The van der Waals surface area contributed by atoms with E-state index in [1.54, 1.807) is 24.3 Å². The van der Waals surface area contributed by atoms with E-state index in [0.29, 0.717) is 5.56 Å². The summed E-state index contributed by atoms with van der Waals surface area (Å²) in [5.74, 6) is -2.90. The molecule has 0 unspecified atom stereocenters. The summed E-state index contributed by atoms with van der Waals surface area (Å²) in [5.41, 5.74) is -0.133. The Balaban J connectivity index is 1.90. The molecule has 3 N–H and O–H groups in total. The van der Waals surface area contributed by atoms with Gasteiger partial charge < -0.3 is 15.5 Å². The zero-order chi connectivity index (χ0) is 21.8. The van der Waals surface area contributed by atoms with Crippen LogP contribution in [-0.2, 0) is 11.8 Å². The number of carbonyl (C=O) groups excluding carboxylic acids is 2. The summed E-state index contributed by atoms with van der Waals surface area (Å²) in [6.45, 7) is -0.517. The molecule has 0 aliphatic rings. The number of amides is 1. The van der Waals surface area contributed by atoms with Gasteiger partial charge in [-0.3, -0.25) is 23.7 Å². The summed E-state index contributed by atoms with van der Waals surface area (Å²) < 4.78 is 1.18. The molecule has 152 valence electrons. The number of pyridine rings is 2. The van der Waals surface area contributed by atoms with Crippen molar-refractivity contribution in [1.82, 2.24) is 14.9 Å². The van der Waals surface area contributed by atoms with E-state index in [0.717, 1.165) is 6.08 Å². The Morgan fingerprint density at radius 3 is 2.70 bits per heavy atom. The molecule has 0 saturated heterocycles. The summed E-state index contributed by atoms with van der Waals surface area (Å²) in [7, 11) is 1.46. The van der Waals surface area contributed by atoms with E-state index in [1.807, 2.05) is 0 Å². The van der Waals surface area contributed by atoms with Gasteiger partial charge in [-0.05, 0) is 35.9 Å². The average Bonchev–Trinajstić information content (AvgIpc) is 2.74. The van der Waals surface area contributed by atoms with Crippen LogP contribution in [0, 0.1) is 0 Å². The number of rotatable bonds is 6. The Hall–Kier alpha value is -4.27. The zero-order valence-electron chi connectivity index (χ0n) is 15.8. The summed E-state index contributed by atoms with van der Waals surface area (Å²) in [6, 6.07) is 9.28. The third kappa shape index (κ3) is 4.09. The zero-order valence-corrected chi connectivity index (χ0v) is 15.8. The molecule has 1 aromatic carbocycles. The van der Waals surface area contributed by atoms with Crippen molar-refractivity contribution in [2.75, 3.05) is 6.54 Å². The number of carboxylic acids is 1. The highest BCUT2D eigenvalue weighted by molar-refractivity contribution is 6.11. The Morgan fingerprint density at radius 1 is 1.20 bits per heavy atom. The molecule has 0 spiro atoms. The minimum absolute atomic E-state index is 0.210. The Morgan fingerprint density at radius 2 is 1.97 bits per heavy atom. The first-order chi connectivity index (χ1) is 14.3. The van der Waals surface area contributed by atoms with E-state index in [4.69, 9.17) is 5.11 Å². The topological polar surface area (TPSA) is 139 Å². The lowest BCUT2D eigenvalue weighted by Gasteiger charge is -2.09. The van der Waals surface area contributed by atoms with Gasteiger partial charge in [0.2, 0.25) is 0 Å². The number of aryl methyl sites for hydroxylation is 1. The molecule has 0 fully saturated rings. The Bertz CT molecular complexity index is 1260. The van der Waals surface area contributed by atoms with Crippen LogP contribution in [0.2, 0.25) is 0 Å². The lowest BCUT2D eigenvalue weighted by Crippen LogP contribution is -2.29. The number of fused-ring (bicyclic) bond motifs is 1. The lowest BCUT2D eigenvalue weighted by molar-refractivity contribution is -0.135. The number of hydrogen-bond donors (Lipinski definition) is 3. The Labute approximate surface area is 169 Å². The molecule has 0 aliphatic heterocycles. The third-order valence-corrected chi connectivity index (χ3v) is 4.34. The number of aromatic hydroxyl groups is 1. The maximum Gasteiger partial charge on any atom is 0.322 e. The second-order valence-corrected chi connectivity index (χ2v) is 6.36. The number of carboxylic acid groups (broad SMARTS) is 1. The van der Waals surface area contributed by atoms with Crippen LogP contribution in [-0.4, -0.2) is 44.0 Å². The lowest BCUT2D eigenvalue weighted by atomic mass is 10.1. The molecule has 2 heterocycles. The van der Waals surface area contributed by atoms with Gasteiger partial charge in [0.1, 0.15) is 23.5 Å². The van der Waals surface area contributed by atoms with Gasteiger partial charge in [0, 0.05) is 18.8 Å². The second-order valence-electron chi connectivity index (χ2n) is 6.36. The van der Waals surface area contributed by atoms with Crippen molar-refractivity contribution in [1.29, 1.82) is 0 Å². The van der Waals surface area contributed by atoms with Crippen molar-refractivity contribution in [3.8, 4) is 5.75 Å². The average molecular weight is 407 g/mol. The fourth-order valence-electron chi connectivity index (χ4n) is 2.87. The molecular weight excluding hydrogens is 390 g/mol. The predicted octanol–water partition coefficient (Wildman–Crippen LogP) is 1.35. The van der Waals surface area contributed by atoms with E-state index in [9.17, 15) is 24.3 Å². The molecule has 9 heteroatoms. The van der Waals surface area contributed by atoms with E-state index in [-0.39, 0.29) is 22.2 Å². The predicted molar refractivity (Wildman–Crippen MR) is 108 cm³/mol. The SMILES string of the molecule is Cn1c(=O)c(C(=O)C=Cc2cccc(C(=O)NCC(=O)O)c2)c(O)c2cccnc21. The highest BCUT2D eigenvalue weighted by Gasteiger charge is 2.19. The van der Waals surface area contributed by atoms with E-state index >= 15 is 0 Å². The molecule has 2 aromatic heterocycles. The van der Waals surface area contributed by atoms with Crippen molar-refractivity contribution in [2.45, 2.75) is 0 Å². The summed E-state index contributed by atoms with van der Waals surface area (Å²) in [4.78, 5) is 51.7. The van der Waals surface area contributed by atoms with Gasteiger partial charge in [0.05, 0.1) is 5.39 Å². The minimum Gasteiger partial charge on any atom is -0.506 e. The van der Waals surface area contributed by atoms with Crippen LogP contribution in [0.3, 0.4) is 0 Å². The maximum absolute atomic E-state index is 12.6. The first-order valence-corrected chi connectivity index (χ1v) is 8.78. The van der Waals surface area contributed by atoms with Gasteiger partial charge in [-0.15, -0.1) is 0 Å². The van der Waals surface area contributed by atoms with Crippen molar-refractivity contribution < 1.29 is 24.6 Å². The molecule has 9 nitrogen and oxygen atoms in total. The summed E-state index contributed by atoms with van der Waals surface area (Å²) >= 11 is 0. The van der Waals surface area contributed by atoms with E-state index in [1.165, 1.54) is 36.0 Å². The number of aliphatic carboxylic acids is 1. The number of hydrogen-bond acceptors (Lipinski definition) is 6. The highest BCUT2D eigenvalue weighted by atomic mass is 16.4. The number of nitrogens with one attached hydrogen (secondary N) is 1. The number of nitrogens with zero attached hydrogens (tertiary/aromatic N) is 2. The van der Waals surface area contributed by atoms with Crippen LogP contribution in [0.4, 0.5) is 0 Å². The summed E-state index contributed by atoms with van der Waals surface area (Å²) in [5, 5.41) is 21.6. The van der Waals surface area contributed by atoms with Gasteiger partial charge in [0.25, 0.3) is 11.5 Å². The fraction of sp³-hybridized carbons (Fsp3) is 0.0952. The number of aromatic nitrogens is 2. The highest BCUT2D eigenvalue weighted by Crippen LogP contribution is 2.25. The van der Waals surface area contributed by atoms with Gasteiger partial charge in [0.15, 0.2) is 5.78 Å². The fourth-order valence-corrected chi connectivity index (χ4v) is 2.87. The first-order valence-electron chi connectivity index (χ1n) is 8.78. The van der Waals surface area contributed by atoms with E-state index < -0.39 is 35.5 Å². The quantitative estimate of drug-likeness (QED) is 0.414. The Kier molecular flexibility index (Phi) is 5.73.